The van der Waals surface area contributed by atoms with Crippen LogP contribution in [0.2, 0.25) is 0 Å². The van der Waals surface area contributed by atoms with E-state index in [2.05, 4.69) is 20.6 Å². The van der Waals surface area contributed by atoms with Crippen molar-refractivity contribution in [3.05, 3.63) is 29.3 Å². The minimum absolute atomic E-state index is 0.287. The van der Waals surface area contributed by atoms with Crippen molar-refractivity contribution in [1.82, 2.24) is 25.5 Å². The van der Waals surface area contributed by atoms with Gasteiger partial charge >= 0.3 is 0 Å². The van der Waals surface area contributed by atoms with Crippen LogP contribution in [0.25, 0.3) is 11.4 Å². The Morgan fingerprint density at radius 2 is 1.94 bits per heavy atom. The summed E-state index contributed by atoms with van der Waals surface area (Å²) in [5.74, 6) is -0.206. The van der Waals surface area contributed by atoms with Gasteiger partial charge in [0.2, 0.25) is 5.82 Å². The van der Waals surface area contributed by atoms with Crippen LogP contribution in [-0.4, -0.2) is 44.4 Å². The number of benzene rings is 1. The Morgan fingerprint density at radius 1 is 1.18 bits per heavy atom. The maximum atomic E-state index is 11.8. The molecule has 0 saturated heterocycles. The highest BCUT2D eigenvalue weighted by atomic mass is 16.2. The Hall–Kier alpha value is -2.57. The highest BCUT2D eigenvalue weighted by Gasteiger charge is 2.32. The lowest BCUT2D eigenvalue weighted by Gasteiger charge is -2.02. The van der Waals surface area contributed by atoms with E-state index < -0.39 is 0 Å². The molecule has 0 atom stereocenters. The molecule has 1 aromatic heterocycles. The summed E-state index contributed by atoms with van der Waals surface area (Å²) in [6, 6.07) is 4.89. The summed E-state index contributed by atoms with van der Waals surface area (Å²) in [6.45, 7) is 0. The fraction of sp³-hybridized carbons (Fsp3) is 0.100. The number of amides is 2. The number of imide groups is 1. The van der Waals surface area contributed by atoms with Crippen molar-refractivity contribution in [2.45, 2.75) is 0 Å². The van der Waals surface area contributed by atoms with Crippen molar-refractivity contribution in [2.24, 2.45) is 0 Å². The molecule has 0 fully saturated rings. The summed E-state index contributed by atoms with van der Waals surface area (Å²) in [7, 11) is 1.46. The number of nitrogens with one attached hydrogen (secondary N) is 1. The third-order valence-electron chi connectivity index (χ3n) is 2.69. The molecule has 2 heterocycles. The van der Waals surface area contributed by atoms with Crippen molar-refractivity contribution < 1.29 is 9.59 Å². The van der Waals surface area contributed by atoms with Gasteiger partial charge in [0.05, 0.1) is 11.1 Å². The molecule has 1 N–H and O–H groups in total. The number of aromatic nitrogens is 4. The molecule has 2 amide bonds. The summed E-state index contributed by atoms with van der Waals surface area (Å²) in [5, 5.41) is 13.4. The quantitative estimate of drug-likeness (QED) is 0.700. The Labute approximate surface area is 95.4 Å². The number of fused-ring (bicyclic) bond motifs is 1. The third-order valence-corrected chi connectivity index (χ3v) is 2.69. The number of carbonyl (C=O) groups excluding carboxylic acids is 2. The summed E-state index contributed by atoms with van der Waals surface area (Å²) < 4.78 is 0. The topological polar surface area (TPSA) is 91.8 Å². The van der Waals surface area contributed by atoms with Gasteiger partial charge in [-0.05, 0) is 17.3 Å². The fourth-order valence-electron chi connectivity index (χ4n) is 1.78. The normalized spacial score (nSPS) is 14.3. The molecule has 84 valence electrons. The maximum Gasteiger partial charge on any atom is 0.261 e. The first-order valence-corrected chi connectivity index (χ1v) is 4.89. The van der Waals surface area contributed by atoms with Gasteiger partial charge in [-0.1, -0.05) is 6.07 Å². The monoisotopic (exact) mass is 229 g/mol. The Balaban J connectivity index is 2.16. The Kier molecular flexibility index (Phi) is 1.82. The lowest BCUT2D eigenvalue weighted by atomic mass is 10.1. The van der Waals surface area contributed by atoms with E-state index in [-0.39, 0.29) is 11.8 Å². The van der Waals surface area contributed by atoms with Crippen LogP contribution in [0.1, 0.15) is 20.7 Å². The smallest absolute Gasteiger partial charge is 0.261 e. The standard InChI is InChI=1S/C10H7N5O2/c1-15-9(16)6-3-2-5(4-7(6)10(15)17)8-11-13-14-12-8/h2-4H,1H3,(H,11,12,13,14). The third kappa shape index (κ3) is 1.25. The predicted molar refractivity (Wildman–Crippen MR) is 56.0 cm³/mol. The van der Waals surface area contributed by atoms with Crippen LogP contribution >= 0.6 is 0 Å². The van der Waals surface area contributed by atoms with Gasteiger partial charge in [-0.15, -0.1) is 10.2 Å². The zero-order valence-corrected chi connectivity index (χ0v) is 8.84. The molecule has 3 rings (SSSR count). The van der Waals surface area contributed by atoms with E-state index in [0.717, 1.165) is 4.90 Å². The van der Waals surface area contributed by atoms with Gasteiger partial charge in [0, 0.05) is 12.6 Å². The largest absolute Gasteiger partial charge is 0.277 e. The second-order valence-corrected chi connectivity index (χ2v) is 3.67. The fourth-order valence-corrected chi connectivity index (χ4v) is 1.78. The number of hydrogen-bond donors (Lipinski definition) is 1. The summed E-state index contributed by atoms with van der Waals surface area (Å²) >= 11 is 0. The predicted octanol–water partition coefficient (Wildman–Crippen LogP) is 0.0925. The first-order chi connectivity index (χ1) is 8.18. The van der Waals surface area contributed by atoms with Gasteiger partial charge in [-0.2, -0.15) is 5.21 Å². The Bertz CT molecular complexity index is 620. The number of rotatable bonds is 1. The number of aromatic amines is 1. The van der Waals surface area contributed by atoms with E-state index in [4.69, 9.17) is 0 Å². The van der Waals surface area contributed by atoms with Gasteiger partial charge in [0.25, 0.3) is 11.8 Å². The van der Waals surface area contributed by atoms with Crippen LogP contribution in [0.4, 0.5) is 0 Å². The highest BCUT2D eigenvalue weighted by molar-refractivity contribution is 6.21. The lowest BCUT2D eigenvalue weighted by molar-refractivity contribution is 0.0693. The molecule has 0 spiro atoms. The number of nitrogens with zero attached hydrogens (tertiary/aromatic N) is 4. The molecule has 1 aromatic carbocycles. The molecule has 0 saturated carbocycles. The zero-order chi connectivity index (χ0) is 12.0. The number of H-pyrrole nitrogens is 1. The number of tetrazole rings is 1. The van der Waals surface area contributed by atoms with Crippen LogP contribution in [0, 0.1) is 0 Å². The van der Waals surface area contributed by atoms with Crippen molar-refractivity contribution >= 4 is 11.8 Å². The van der Waals surface area contributed by atoms with Crippen molar-refractivity contribution in [3.8, 4) is 11.4 Å². The molecular weight excluding hydrogens is 222 g/mol. The van der Waals surface area contributed by atoms with Crippen molar-refractivity contribution in [3.63, 3.8) is 0 Å². The first-order valence-electron chi connectivity index (χ1n) is 4.89. The Morgan fingerprint density at radius 3 is 2.65 bits per heavy atom. The van der Waals surface area contributed by atoms with Gasteiger partial charge < -0.3 is 0 Å². The van der Waals surface area contributed by atoms with Crippen LogP contribution in [-0.2, 0) is 0 Å². The van der Waals surface area contributed by atoms with E-state index in [1.54, 1.807) is 18.2 Å². The van der Waals surface area contributed by atoms with Gasteiger partial charge in [-0.3, -0.25) is 14.5 Å². The molecule has 0 unspecified atom stereocenters. The van der Waals surface area contributed by atoms with E-state index in [0.29, 0.717) is 22.5 Å². The summed E-state index contributed by atoms with van der Waals surface area (Å²) in [4.78, 5) is 24.5. The second kappa shape index (κ2) is 3.21. The van der Waals surface area contributed by atoms with Crippen LogP contribution in [0.15, 0.2) is 18.2 Å². The van der Waals surface area contributed by atoms with Gasteiger partial charge in [-0.25, -0.2) is 0 Å². The lowest BCUT2D eigenvalue weighted by Crippen LogP contribution is -2.24. The molecule has 0 radical (unpaired) electrons. The van der Waals surface area contributed by atoms with E-state index in [1.807, 2.05) is 0 Å². The van der Waals surface area contributed by atoms with E-state index in [9.17, 15) is 9.59 Å². The average molecular weight is 229 g/mol. The second-order valence-electron chi connectivity index (χ2n) is 3.67. The number of carbonyl (C=O) groups is 2. The van der Waals surface area contributed by atoms with Crippen molar-refractivity contribution in [2.75, 3.05) is 7.05 Å². The molecule has 7 heteroatoms. The highest BCUT2D eigenvalue weighted by Crippen LogP contribution is 2.25. The minimum atomic E-state index is -0.310. The molecule has 2 aromatic rings. The van der Waals surface area contributed by atoms with Gasteiger partial charge in [0.15, 0.2) is 0 Å². The zero-order valence-electron chi connectivity index (χ0n) is 8.84. The summed E-state index contributed by atoms with van der Waals surface area (Å²) in [6.07, 6.45) is 0. The SMILES string of the molecule is CN1C(=O)c2ccc(-c3nn[nH]n3)cc2C1=O. The van der Waals surface area contributed by atoms with Crippen LogP contribution < -0.4 is 0 Å². The summed E-state index contributed by atoms with van der Waals surface area (Å²) in [5.41, 5.74) is 1.43. The van der Waals surface area contributed by atoms with E-state index in [1.165, 1.54) is 7.05 Å². The molecule has 0 aliphatic carbocycles. The molecule has 7 nitrogen and oxygen atoms in total. The van der Waals surface area contributed by atoms with Crippen molar-refractivity contribution in [1.29, 1.82) is 0 Å². The molecule has 1 aliphatic rings. The number of hydrogen-bond acceptors (Lipinski definition) is 5. The van der Waals surface area contributed by atoms with Crippen LogP contribution in [0.3, 0.4) is 0 Å². The molecular formula is C10H7N5O2. The first kappa shape index (κ1) is 9.64. The molecule has 17 heavy (non-hydrogen) atoms. The van der Waals surface area contributed by atoms with Gasteiger partial charge in [0.1, 0.15) is 0 Å². The minimum Gasteiger partial charge on any atom is -0.277 e. The van der Waals surface area contributed by atoms with Crippen LogP contribution in [0.5, 0.6) is 0 Å². The average Bonchev–Trinajstić information content (AvgIpc) is 2.94. The maximum absolute atomic E-state index is 11.8. The molecule has 1 aliphatic heterocycles. The van der Waals surface area contributed by atoms with E-state index >= 15 is 0 Å². The molecule has 0 bridgehead atoms.